The van der Waals surface area contributed by atoms with Crippen molar-refractivity contribution >= 4 is 23.2 Å². The summed E-state index contributed by atoms with van der Waals surface area (Å²) in [6.07, 6.45) is 0. The topological polar surface area (TPSA) is 47.3 Å². The van der Waals surface area contributed by atoms with E-state index in [1.54, 1.807) is 29.2 Å². The summed E-state index contributed by atoms with van der Waals surface area (Å²) < 4.78 is 0. The van der Waals surface area contributed by atoms with E-state index in [0.717, 1.165) is 5.70 Å². The van der Waals surface area contributed by atoms with Gasteiger partial charge in [0.2, 0.25) is 0 Å². The Morgan fingerprint density at radius 3 is 2.72 bits per heavy atom. The Bertz CT molecular complexity index is 572. The van der Waals surface area contributed by atoms with Crippen molar-refractivity contribution in [2.75, 3.05) is 25.5 Å². The highest BCUT2D eigenvalue weighted by atomic mass is 35.5. The van der Waals surface area contributed by atoms with Crippen LogP contribution in [-0.4, -0.2) is 31.4 Å². The van der Waals surface area contributed by atoms with E-state index in [-0.39, 0.29) is 10.9 Å². The van der Waals surface area contributed by atoms with Crippen LogP contribution in [0.3, 0.4) is 0 Å². The van der Waals surface area contributed by atoms with Gasteiger partial charge in [-0.05, 0) is 18.2 Å². The number of anilines is 1. The fraction of sp³-hybridized carbons (Fsp3) is 0.231. The molecule has 5 heteroatoms. The molecule has 1 heterocycles. The second-order valence-electron chi connectivity index (χ2n) is 4.21. The van der Waals surface area contributed by atoms with E-state index in [4.69, 9.17) is 16.9 Å². The largest absolute Gasteiger partial charge is 0.378 e. The maximum atomic E-state index is 12.0. The smallest absolute Gasteiger partial charge is 0.271 e. The fourth-order valence-corrected chi connectivity index (χ4v) is 2.15. The van der Waals surface area contributed by atoms with Crippen LogP contribution >= 0.6 is 11.6 Å². The molecular formula is C13H12ClN3O. The quantitative estimate of drug-likeness (QED) is 0.817. The number of carbonyl (C=O) groups is 1. The van der Waals surface area contributed by atoms with Gasteiger partial charge in [-0.3, -0.25) is 4.79 Å². The molecule has 2 rings (SSSR count). The van der Waals surface area contributed by atoms with Gasteiger partial charge in [0.25, 0.3) is 5.91 Å². The molecule has 0 saturated carbocycles. The Hall–Kier alpha value is -1.99. The number of halogens is 1. The van der Waals surface area contributed by atoms with Crippen LogP contribution in [0.1, 0.15) is 5.56 Å². The van der Waals surface area contributed by atoms with Crippen molar-refractivity contribution in [1.29, 1.82) is 5.26 Å². The Labute approximate surface area is 111 Å². The van der Waals surface area contributed by atoms with Crippen molar-refractivity contribution in [2.24, 2.45) is 0 Å². The zero-order chi connectivity index (χ0) is 13.3. The molecule has 18 heavy (non-hydrogen) atoms. The Balaban J connectivity index is 2.33. The van der Waals surface area contributed by atoms with Crippen molar-refractivity contribution in [3.05, 3.63) is 40.6 Å². The number of hydrogen-bond donors (Lipinski definition) is 0. The van der Waals surface area contributed by atoms with Gasteiger partial charge in [-0.15, -0.1) is 0 Å². The number of hydrogen-bond acceptors (Lipinski definition) is 3. The third kappa shape index (κ3) is 2.05. The van der Waals surface area contributed by atoms with Crippen molar-refractivity contribution in [2.45, 2.75) is 0 Å². The van der Waals surface area contributed by atoms with Crippen molar-refractivity contribution < 1.29 is 4.79 Å². The highest BCUT2D eigenvalue weighted by Crippen LogP contribution is 2.29. The molecule has 4 nitrogen and oxygen atoms in total. The maximum absolute atomic E-state index is 12.0. The van der Waals surface area contributed by atoms with Crippen LogP contribution in [-0.2, 0) is 4.79 Å². The zero-order valence-electron chi connectivity index (χ0n) is 10.1. The van der Waals surface area contributed by atoms with Gasteiger partial charge in [0.15, 0.2) is 0 Å². The summed E-state index contributed by atoms with van der Waals surface area (Å²) in [5.74, 6) is -0.226. The molecule has 1 aliphatic heterocycles. The van der Waals surface area contributed by atoms with Crippen LogP contribution in [0.15, 0.2) is 35.0 Å². The van der Waals surface area contributed by atoms with Crippen molar-refractivity contribution in [1.82, 2.24) is 4.90 Å². The predicted molar refractivity (Wildman–Crippen MR) is 70.1 cm³/mol. The van der Waals surface area contributed by atoms with Gasteiger partial charge in [-0.1, -0.05) is 17.7 Å². The van der Waals surface area contributed by atoms with Gasteiger partial charge in [-0.25, -0.2) is 0 Å². The number of amides is 1. The standard InChI is InChI=1S/C13H12ClN3O/c1-16(2)11-8-17(13(18)12(11)14)10-5-3-4-9(6-10)7-15/h3-6H,8H2,1-2H3. The Morgan fingerprint density at radius 1 is 1.44 bits per heavy atom. The van der Waals surface area contributed by atoms with E-state index >= 15 is 0 Å². The van der Waals surface area contributed by atoms with E-state index in [1.807, 2.05) is 19.0 Å². The monoisotopic (exact) mass is 261 g/mol. The lowest BCUT2D eigenvalue weighted by molar-refractivity contribution is -0.114. The predicted octanol–water partition coefficient (Wildman–Crippen LogP) is 1.92. The first-order valence-electron chi connectivity index (χ1n) is 5.42. The third-order valence-corrected chi connectivity index (χ3v) is 3.20. The summed E-state index contributed by atoms with van der Waals surface area (Å²) in [7, 11) is 3.69. The number of nitriles is 1. The highest BCUT2D eigenvalue weighted by molar-refractivity contribution is 6.45. The molecule has 0 saturated heterocycles. The molecule has 0 bridgehead atoms. The molecular weight excluding hydrogens is 250 g/mol. The van der Waals surface area contributed by atoms with Gasteiger partial charge >= 0.3 is 0 Å². The molecule has 0 radical (unpaired) electrons. The first kappa shape index (κ1) is 12.5. The molecule has 0 atom stereocenters. The van der Waals surface area contributed by atoms with Gasteiger partial charge < -0.3 is 9.80 Å². The van der Waals surface area contributed by atoms with Crippen LogP contribution in [0, 0.1) is 11.3 Å². The maximum Gasteiger partial charge on any atom is 0.271 e. The molecule has 1 amide bonds. The molecule has 0 aliphatic carbocycles. The molecule has 0 unspecified atom stereocenters. The molecule has 1 aliphatic rings. The lowest BCUT2D eigenvalue weighted by Crippen LogP contribution is -2.27. The summed E-state index contributed by atoms with van der Waals surface area (Å²) in [4.78, 5) is 15.4. The summed E-state index contributed by atoms with van der Waals surface area (Å²) in [6, 6.07) is 8.98. The van der Waals surface area contributed by atoms with E-state index in [9.17, 15) is 4.79 Å². The van der Waals surface area contributed by atoms with Crippen molar-refractivity contribution in [3.8, 4) is 6.07 Å². The summed E-state index contributed by atoms with van der Waals surface area (Å²) in [6.45, 7) is 0.430. The second kappa shape index (κ2) is 4.71. The van der Waals surface area contributed by atoms with Crippen LogP contribution in [0.5, 0.6) is 0 Å². The van der Waals surface area contributed by atoms with Crippen LogP contribution < -0.4 is 4.90 Å². The molecule has 0 fully saturated rings. The number of benzene rings is 1. The lowest BCUT2D eigenvalue weighted by Gasteiger charge is -2.19. The number of nitrogens with zero attached hydrogens (tertiary/aromatic N) is 3. The fourth-order valence-electron chi connectivity index (χ4n) is 1.82. The minimum atomic E-state index is -0.226. The second-order valence-corrected chi connectivity index (χ2v) is 4.59. The molecule has 0 spiro atoms. The Morgan fingerprint density at radius 2 is 2.17 bits per heavy atom. The third-order valence-electron chi connectivity index (χ3n) is 2.82. The van der Waals surface area contributed by atoms with E-state index in [0.29, 0.717) is 17.8 Å². The van der Waals surface area contributed by atoms with Gasteiger partial charge in [0.05, 0.1) is 23.9 Å². The van der Waals surface area contributed by atoms with Crippen LogP contribution in [0.25, 0.3) is 0 Å². The molecule has 1 aromatic rings. The van der Waals surface area contributed by atoms with E-state index < -0.39 is 0 Å². The zero-order valence-corrected chi connectivity index (χ0v) is 10.9. The molecule has 0 aromatic heterocycles. The molecule has 1 aromatic carbocycles. The minimum Gasteiger partial charge on any atom is -0.378 e. The van der Waals surface area contributed by atoms with Crippen LogP contribution in [0.4, 0.5) is 5.69 Å². The first-order chi connectivity index (χ1) is 8.54. The minimum absolute atomic E-state index is 0.226. The average molecular weight is 262 g/mol. The number of carbonyl (C=O) groups excluding carboxylic acids is 1. The van der Waals surface area contributed by atoms with Crippen LogP contribution in [0.2, 0.25) is 0 Å². The van der Waals surface area contributed by atoms with Gasteiger partial charge in [0, 0.05) is 19.8 Å². The normalized spacial score (nSPS) is 15.0. The van der Waals surface area contributed by atoms with Gasteiger partial charge in [0.1, 0.15) is 5.03 Å². The van der Waals surface area contributed by atoms with E-state index in [1.165, 1.54) is 0 Å². The summed E-state index contributed by atoms with van der Waals surface area (Å²) in [5, 5.41) is 9.10. The summed E-state index contributed by atoms with van der Waals surface area (Å²) >= 11 is 6.02. The average Bonchev–Trinajstić information content (AvgIpc) is 2.67. The SMILES string of the molecule is CN(C)C1=C(Cl)C(=O)N(c2cccc(C#N)c2)C1. The van der Waals surface area contributed by atoms with E-state index in [2.05, 4.69) is 6.07 Å². The number of likely N-dealkylation sites (N-methyl/N-ethyl adjacent to an activating group) is 1. The summed E-state index contributed by atoms with van der Waals surface area (Å²) in [5.41, 5.74) is 1.99. The highest BCUT2D eigenvalue weighted by Gasteiger charge is 2.31. The molecule has 92 valence electrons. The molecule has 0 N–H and O–H groups in total. The van der Waals surface area contributed by atoms with Crippen molar-refractivity contribution in [3.63, 3.8) is 0 Å². The first-order valence-corrected chi connectivity index (χ1v) is 5.80. The lowest BCUT2D eigenvalue weighted by atomic mass is 10.2. The van der Waals surface area contributed by atoms with Gasteiger partial charge in [-0.2, -0.15) is 5.26 Å². The Kier molecular flexibility index (Phi) is 3.26. The number of rotatable bonds is 2.